The van der Waals surface area contributed by atoms with Crippen molar-refractivity contribution in [3.05, 3.63) is 47.0 Å². The summed E-state index contributed by atoms with van der Waals surface area (Å²) in [6.07, 6.45) is 6.07. The lowest BCUT2D eigenvalue weighted by Crippen LogP contribution is -2.43. The number of carbonyl (C=O) groups is 1. The zero-order valence-electron chi connectivity index (χ0n) is 12.4. The lowest BCUT2D eigenvalue weighted by Gasteiger charge is -2.40. The molecular weight excluding hydrogens is 296 g/mol. The van der Waals surface area contributed by atoms with Gasteiger partial charge in [-0.15, -0.1) is 11.3 Å². The highest BCUT2D eigenvalue weighted by Crippen LogP contribution is 2.44. The number of rotatable bonds is 6. The third kappa shape index (κ3) is 3.20. The van der Waals surface area contributed by atoms with Gasteiger partial charge in [0.2, 0.25) is 5.91 Å². The average molecular weight is 316 g/mol. The molecule has 2 aromatic rings. The van der Waals surface area contributed by atoms with Gasteiger partial charge >= 0.3 is 0 Å². The zero-order chi connectivity index (χ0) is 15.4. The van der Waals surface area contributed by atoms with Crippen molar-refractivity contribution in [1.29, 1.82) is 0 Å². The highest BCUT2D eigenvalue weighted by atomic mass is 32.1. The molecule has 1 aromatic carbocycles. The molecular formula is C17H20N2O2S. The van der Waals surface area contributed by atoms with Gasteiger partial charge in [-0.3, -0.25) is 4.79 Å². The van der Waals surface area contributed by atoms with E-state index in [0.29, 0.717) is 11.6 Å². The van der Waals surface area contributed by atoms with Crippen LogP contribution in [0.4, 0.5) is 5.13 Å². The second kappa shape index (κ2) is 6.58. The summed E-state index contributed by atoms with van der Waals surface area (Å²) in [6, 6.07) is 10.2. The molecule has 3 rings (SSSR count). The molecule has 1 amide bonds. The maximum Gasteiger partial charge on any atom is 0.232 e. The molecule has 0 bridgehead atoms. The van der Waals surface area contributed by atoms with Crippen LogP contribution in [0.25, 0.3) is 0 Å². The van der Waals surface area contributed by atoms with Gasteiger partial charge in [-0.1, -0.05) is 36.8 Å². The van der Waals surface area contributed by atoms with Crippen LogP contribution in [0.1, 0.15) is 29.7 Å². The van der Waals surface area contributed by atoms with E-state index in [1.165, 1.54) is 16.9 Å². The number of thiazole rings is 1. The van der Waals surface area contributed by atoms with E-state index in [-0.39, 0.29) is 17.9 Å². The Morgan fingerprint density at radius 3 is 2.73 bits per heavy atom. The van der Waals surface area contributed by atoms with Gasteiger partial charge in [0.25, 0.3) is 0 Å². The normalized spacial score (nSPS) is 16.0. The van der Waals surface area contributed by atoms with Crippen molar-refractivity contribution in [1.82, 2.24) is 4.98 Å². The number of carbonyl (C=O) groups excluding carboxylic acids is 1. The molecule has 0 unspecified atom stereocenters. The Morgan fingerprint density at radius 1 is 1.32 bits per heavy atom. The minimum Gasteiger partial charge on any atom is -0.396 e. The molecule has 0 radical (unpaired) electrons. The van der Waals surface area contributed by atoms with Crippen molar-refractivity contribution in [3.63, 3.8) is 0 Å². The molecule has 2 N–H and O–H groups in total. The predicted octanol–water partition coefficient (Wildman–Crippen LogP) is 3.03. The van der Waals surface area contributed by atoms with Gasteiger partial charge in [0, 0.05) is 24.1 Å². The van der Waals surface area contributed by atoms with Gasteiger partial charge in [0.1, 0.15) is 0 Å². The van der Waals surface area contributed by atoms with Crippen LogP contribution in [0.5, 0.6) is 0 Å². The lowest BCUT2D eigenvalue weighted by molar-refractivity contribution is -0.130. The van der Waals surface area contributed by atoms with E-state index in [4.69, 9.17) is 5.11 Å². The van der Waals surface area contributed by atoms with Gasteiger partial charge < -0.3 is 10.4 Å². The van der Waals surface area contributed by atoms with E-state index in [9.17, 15) is 4.79 Å². The van der Waals surface area contributed by atoms with Gasteiger partial charge in [-0.2, -0.15) is 0 Å². The molecule has 1 aliphatic carbocycles. The summed E-state index contributed by atoms with van der Waals surface area (Å²) in [5, 5.41) is 12.5. The van der Waals surface area contributed by atoms with E-state index in [1.54, 1.807) is 6.20 Å². The van der Waals surface area contributed by atoms with Crippen LogP contribution in [-0.4, -0.2) is 22.6 Å². The largest absolute Gasteiger partial charge is 0.396 e. The molecule has 1 fully saturated rings. The Balaban J connectivity index is 1.68. The van der Waals surface area contributed by atoms with Gasteiger partial charge in [0.15, 0.2) is 5.13 Å². The molecule has 1 saturated carbocycles. The molecule has 0 aliphatic heterocycles. The number of aliphatic hydroxyl groups excluding tert-OH is 1. The van der Waals surface area contributed by atoms with Crippen LogP contribution in [0, 0.1) is 5.41 Å². The third-order valence-electron chi connectivity index (χ3n) is 4.31. The number of benzene rings is 1. The highest BCUT2D eigenvalue weighted by Gasteiger charge is 2.44. The maximum atomic E-state index is 12.7. The van der Waals surface area contributed by atoms with E-state index in [0.717, 1.165) is 30.6 Å². The Labute approximate surface area is 134 Å². The summed E-state index contributed by atoms with van der Waals surface area (Å²) in [4.78, 5) is 17.9. The fourth-order valence-corrected chi connectivity index (χ4v) is 3.69. The fraction of sp³-hybridized carbons (Fsp3) is 0.412. The van der Waals surface area contributed by atoms with Gasteiger partial charge in [0.05, 0.1) is 5.41 Å². The quantitative estimate of drug-likeness (QED) is 0.861. The molecule has 0 atom stereocenters. The Bertz CT molecular complexity index is 635. The second-order valence-corrected chi connectivity index (χ2v) is 6.97. The molecule has 22 heavy (non-hydrogen) atoms. The minimum atomic E-state index is -0.288. The van der Waals surface area contributed by atoms with Crippen molar-refractivity contribution in [3.8, 4) is 0 Å². The van der Waals surface area contributed by atoms with Crippen LogP contribution >= 0.6 is 11.3 Å². The van der Waals surface area contributed by atoms with E-state index >= 15 is 0 Å². The topological polar surface area (TPSA) is 62.2 Å². The molecule has 1 heterocycles. The standard InChI is InChI=1S/C17H20N2O2S/c20-10-7-14-12-18-16(22-14)19-15(21)17(8-4-9-17)11-13-5-2-1-3-6-13/h1-3,5-6,12,20H,4,7-11H2,(H,18,19,21). The van der Waals surface area contributed by atoms with Crippen molar-refractivity contribution in [2.45, 2.75) is 32.1 Å². The molecule has 1 aromatic heterocycles. The van der Waals surface area contributed by atoms with Crippen molar-refractivity contribution >= 4 is 22.4 Å². The first kappa shape index (κ1) is 15.2. The number of hydrogen-bond donors (Lipinski definition) is 2. The monoisotopic (exact) mass is 316 g/mol. The molecule has 0 saturated heterocycles. The summed E-state index contributed by atoms with van der Waals surface area (Å²) in [6.45, 7) is 0.105. The average Bonchev–Trinajstić information content (AvgIpc) is 2.91. The van der Waals surface area contributed by atoms with Crippen LogP contribution in [-0.2, 0) is 17.6 Å². The SMILES string of the molecule is O=C(Nc1ncc(CCO)s1)C1(Cc2ccccc2)CCC1. The second-order valence-electron chi connectivity index (χ2n) is 5.86. The predicted molar refractivity (Wildman–Crippen MR) is 88.0 cm³/mol. The maximum absolute atomic E-state index is 12.7. The Morgan fingerprint density at radius 2 is 2.09 bits per heavy atom. The molecule has 0 spiro atoms. The molecule has 5 heteroatoms. The van der Waals surface area contributed by atoms with Crippen molar-refractivity contribution < 1.29 is 9.90 Å². The summed E-state index contributed by atoms with van der Waals surface area (Å²) >= 11 is 1.44. The number of aromatic nitrogens is 1. The summed E-state index contributed by atoms with van der Waals surface area (Å²) < 4.78 is 0. The van der Waals surface area contributed by atoms with Gasteiger partial charge in [-0.05, 0) is 24.8 Å². The highest BCUT2D eigenvalue weighted by molar-refractivity contribution is 7.15. The number of amides is 1. The first-order valence-electron chi connectivity index (χ1n) is 7.63. The number of nitrogens with one attached hydrogen (secondary N) is 1. The van der Waals surface area contributed by atoms with Crippen LogP contribution in [0.2, 0.25) is 0 Å². The summed E-state index contributed by atoms with van der Waals surface area (Å²) in [5.74, 6) is 0.0764. The fourth-order valence-electron chi connectivity index (χ4n) is 2.90. The van der Waals surface area contributed by atoms with E-state index in [1.807, 2.05) is 18.2 Å². The van der Waals surface area contributed by atoms with Crippen molar-refractivity contribution in [2.24, 2.45) is 5.41 Å². The van der Waals surface area contributed by atoms with E-state index in [2.05, 4.69) is 22.4 Å². The van der Waals surface area contributed by atoms with Crippen LogP contribution in [0.15, 0.2) is 36.5 Å². The summed E-state index contributed by atoms with van der Waals surface area (Å²) in [5.41, 5.74) is 0.918. The Hall–Kier alpha value is -1.72. The molecule has 116 valence electrons. The third-order valence-corrected chi connectivity index (χ3v) is 5.28. The van der Waals surface area contributed by atoms with Crippen LogP contribution < -0.4 is 5.32 Å². The van der Waals surface area contributed by atoms with Crippen LogP contribution in [0.3, 0.4) is 0 Å². The first-order chi connectivity index (χ1) is 10.7. The number of hydrogen-bond acceptors (Lipinski definition) is 4. The molecule has 1 aliphatic rings. The Kier molecular flexibility index (Phi) is 4.55. The number of nitrogens with zero attached hydrogens (tertiary/aromatic N) is 1. The van der Waals surface area contributed by atoms with E-state index < -0.39 is 0 Å². The minimum absolute atomic E-state index is 0.0764. The number of aliphatic hydroxyl groups is 1. The molecule has 4 nitrogen and oxygen atoms in total. The smallest absolute Gasteiger partial charge is 0.232 e. The van der Waals surface area contributed by atoms with Crippen molar-refractivity contribution in [2.75, 3.05) is 11.9 Å². The summed E-state index contributed by atoms with van der Waals surface area (Å²) in [7, 11) is 0. The number of anilines is 1. The first-order valence-corrected chi connectivity index (χ1v) is 8.44. The van der Waals surface area contributed by atoms with Gasteiger partial charge in [-0.25, -0.2) is 4.98 Å². The zero-order valence-corrected chi connectivity index (χ0v) is 13.2. The lowest BCUT2D eigenvalue weighted by atomic mass is 9.65.